The van der Waals surface area contributed by atoms with Crippen molar-refractivity contribution in [2.24, 2.45) is 5.41 Å². The van der Waals surface area contributed by atoms with Gasteiger partial charge in [-0.1, -0.05) is 43.7 Å². The van der Waals surface area contributed by atoms with Gasteiger partial charge in [0.05, 0.1) is 6.04 Å². The molecule has 0 amide bonds. The van der Waals surface area contributed by atoms with Gasteiger partial charge >= 0.3 is 7.25 Å². The van der Waals surface area contributed by atoms with Crippen LogP contribution in [0.5, 0.6) is 0 Å². The average molecular weight is 343 g/mol. The fourth-order valence-electron chi connectivity index (χ4n) is 2.92. The topological polar surface area (TPSA) is 21.7 Å². The number of fused-ring (bicyclic) bond motifs is 1. The van der Waals surface area contributed by atoms with Crippen LogP contribution in [0, 0.1) is 5.41 Å². The minimum Gasteiger partial charge on any atom is -0.418 e. The van der Waals surface area contributed by atoms with Gasteiger partial charge in [0.1, 0.15) is 5.69 Å². The largest absolute Gasteiger partial charge is 0.673 e. The van der Waals surface area contributed by atoms with Crippen molar-refractivity contribution in [1.29, 1.82) is 0 Å². The van der Waals surface area contributed by atoms with Crippen molar-refractivity contribution in [2.45, 2.75) is 46.1 Å². The molecule has 0 aliphatic carbocycles. The SMILES string of the molecule is CC(C)(C)CC1CCc2nn(-c3ccccc3)c[n+]21.F[B-](F)(F)F. The maximum Gasteiger partial charge on any atom is 0.673 e. The molecule has 0 N–H and O–H groups in total. The maximum atomic E-state index is 9.75. The maximum absolute atomic E-state index is 9.75. The van der Waals surface area contributed by atoms with Gasteiger partial charge in [0.2, 0.25) is 6.33 Å². The Hall–Kier alpha value is -1.86. The van der Waals surface area contributed by atoms with Gasteiger partial charge in [-0.05, 0) is 30.4 Å². The summed E-state index contributed by atoms with van der Waals surface area (Å²) < 4.78 is 43.4. The van der Waals surface area contributed by atoms with Gasteiger partial charge in [-0.15, -0.1) is 0 Å². The van der Waals surface area contributed by atoms with Crippen LogP contribution < -0.4 is 4.57 Å². The van der Waals surface area contributed by atoms with Crippen molar-refractivity contribution in [2.75, 3.05) is 0 Å². The molecule has 1 aliphatic rings. The molecule has 24 heavy (non-hydrogen) atoms. The highest BCUT2D eigenvalue weighted by molar-refractivity contribution is 6.50. The summed E-state index contributed by atoms with van der Waals surface area (Å²) in [6.07, 6.45) is 5.70. The average Bonchev–Trinajstić information content (AvgIpc) is 2.99. The molecular formula is C16H22BF4N3. The molecule has 1 aliphatic heterocycles. The zero-order valence-corrected chi connectivity index (χ0v) is 14.1. The summed E-state index contributed by atoms with van der Waals surface area (Å²) in [6.45, 7) is 6.94. The Balaban J connectivity index is 0.000000368. The van der Waals surface area contributed by atoms with E-state index >= 15 is 0 Å². The van der Waals surface area contributed by atoms with Crippen LogP contribution in [0.2, 0.25) is 0 Å². The monoisotopic (exact) mass is 343 g/mol. The molecule has 1 aromatic carbocycles. The molecule has 0 spiro atoms. The lowest BCUT2D eigenvalue weighted by Gasteiger charge is -2.21. The summed E-state index contributed by atoms with van der Waals surface area (Å²) in [6, 6.07) is 10.9. The molecule has 0 radical (unpaired) electrons. The van der Waals surface area contributed by atoms with Crippen LogP contribution in [-0.4, -0.2) is 17.0 Å². The minimum atomic E-state index is -6.00. The highest BCUT2D eigenvalue weighted by atomic mass is 19.5. The first-order chi connectivity index (χ1) is 11.0. The number of aromatic nitrogens is 3. The van der Waals surface area contributed by atoms with Gasteiger partial charge in [-0.2, -0.15) is 0 Å². The predicted molar refractivity (Wildman–Crippen MR) is 85.4 cm³/mol. The lowest BCUT2D eigenvalue weighted by atomic mass is 9.87. The number of aryl methyl sites for hydroxylation is 1. The van der Waals surface area contributed by atoms with Gasteiger partial charge in [0.15, 0.2) is 0 Å². The zero-order chi connectivity index (χ0) is 18.0. The van der Waals surface area contributed by atoms with E-state index in [9.17, 15) is 17.3 Å². The summed E-state index contributed by atoms with van der Waals surface area (Å²) in [5.41, 5.74) is 1.51. The Morgan fingerprint density at radius 2 is 1.75 bits per heavy atom. The summed E-state index contributed by atoms with van der Waals surface area (Å²) in [7, 11) is -6.00. The third-order valence-corrected chi connectivity index (χ3v) is 3.72. The Morgan fingerprint density at radius 1 is 1.17 bits per heavy atom. The quantitative estimate of drug-likeness (QED) is 0.450. The Kier molecular flexibility index (Phi) is 5.35. The fourth-order valence-corrected chi connectivity index (χ4v) is 2.92. The molecule has 0 bridgehead atoms. The van der Waals surface area contributed by atoms with Crippen LogP contribution in [0.1, 0.15) is 45.5 Å². The predicted octanol–water partition coefficient (Wildman–Crippen LogP) is 4.38. The number of nitrogens with zero attached hydrogens (tertiary/aromatic N) is 3. The molecule has 1 unspecified atom stereocenters. The van der Waals surface area contributed by atoms with E-state index in [0.29, 0.717) is 11.5 Å². The molecule has 132 valence electrons. The van der Waals surface area contributed by atoms with Crippen molar-refractivity contribution in [3.63, 3.8) is 0 Å². The summed E-state index contributed by atoms with van der Waals surface area (Å²) in [5, 5.41) is 4.72. The first-order valence-corrected chi connectivity index (χ1v) is 7.95. The van der Waals surface area contributed by atoms with Crippen LogP contribution in [-0.2, 0) is 6.42 Å². The summed E-state index contributed by atoms with van der Waals surface area (Å²) >= 11 is 0. The van der Waals surface area contributed by atoms with E-state index in [1.165, 1.54) is 18.7 Å². The minimum absolute atomic E-state index is 0.369. The van der Waals surface area contributed by atoms with Crippen LogP contribution in [0.3, 0.4) is 0 Å². The molecular weight excluding hydrogens is 321 g/mol. The number of halogens is 4. The second-order valence-electron chi connectivity index (χ2n) is 7.17. The van der Waals surface area contributed by atoms with Crippen LogP contribution >= 0.6 is 0 Å². The third kappa shape index (κ3) is 5.65. The van der Waals surface area contributed by atoms with E-state index in [2.05, 4.69) is 55.9 Å². The highest BCUT2D eigenvalue weighted by Crippen LogP contribution is 2.30. The number of benzene rings is 1. The van der Waals surface area contributed by atoms with Crippen LogP contribution in [0.25, 0.3) is 5.69 Å². The molecule has 3 rings (SSSR count). The molecule has 8 heteroatoms. The third-order valence-electron chi connectivity index (χ3n) is 3.72. The number of hydrogen-bond acceptors (Lipinski definition) is 1. The molecule has 0 fully saturated rings. The Morgan fingerprint density at radius 3 is 2.29 bits per heavy atom. The molecule has 1 atom stereocenters. The smallest absolute Gasteiger partial charge is 0.418 e. The van der Waals surface area contributed by atoms with Crippen LogP contribution in [0.15, 0.2) is 36.7 Å². The zero-order valence-electron chi connectivity index (χ0n) is 14.1. The van der Waals surface area contributed by atoms with E-state index in [0.717, 1.165) is 12.1 Å². The Labute approximate surface area is 139 Å². The van der Waals surface area contributed by atoms with E-state index in [1.807, 2.05) is 10.7 Å². The lowest BCUT2D eigenvalue weighted by Crippen LogP contribution is -2.38. The molecule has 2 heterocycles. The van der Waals surface area contributed by atoms with Crippen molar-refractivity contribution in [3.8, 4) is 5.69 Å². The molecule has 3 nitrogen and oxygen atoms in total. The second-order valence-corrected chi connectivity index (χ2v) is 7.17. The second kappa shape index (κ2) is 6.95. The van der Waals surface area contributed by atoms with Crippen molar-refractivity contribution >= 4 is 7.25 Å². The van der Waals surface area contributed by atoms with Gasteiger partial charge in [0, 0.05) is 11.5 Å². The number of para-hydroxylation sites is 1. The van der Waals surface area contributed by atoms with Crippen molar-refractivity contribution in [3.05, 3.63) is 42.5 Å². The summed E-state index contributed by atoms with van der Waals surface area (Å²) in [5.74, 6) is 1.22. The molecule has 2 aromatic rings. The van der Waals surface area contributed by atoms with E-state index in [-0.39, 0.29) is 0 Å². The first-order valence-electron chi connectivity index (χ1n) is 7.95. The normalized spacial score (nSPS) is 17.2. The number of rotatable bonds is 2. The van der Waals surface area contributed by atoms with Gasteiger partial charge < -0.3 is 17.3 Å². The molecule has 0 saturated heterocycles. The molecule has 0 saturated carbocycles. The van der Waals surface area contributed by atoms with E-state index in [4.69, 9.17) is 5.10 Å². The fraction of sp³-hybridized carbons (Fsp3) is 0.500. The van der Waals surface area contributed by atoms with Gasteiger partial charge in [0.25, 0.3) is 5.82 Å². The molecule has 1 aromatic heterocycles. The van der Waals surface area contributed by atoms with E-state index in [1.54, 1.807) is 0 Å². The van der Waals surface area contributed by atoms with Crippen molar-refractivity contribution in [1.82, 2.24) is 9.78 Å². The van der Waals surface area contributed by atoms with Crippen molar-refractivity contribution < 1.29 is 21.8 Å². The Bertz CT molecular complexity index is 656. The van der Waals surface area contributed by atoms with Gasteiger partial charge in [-0.3, -0.25) is 0 Å². The van der Waals surface area contributed by atoms with Gasteiger partial charge in [-0.25, -0.2) is 4.57 Å². The highest BCUT2D eigenvalue weighted by Gasteiger charge is 2.34. The first kappa shape index (κ1) is 18.5. The standard InChI is InChI=1S/C16H22N3.BF4/c1-16(2,3)11-14-9-10-15-17-19(12-18(14)15)13-7-5-4-6-8-13;2-1(3,4)5/h4-8,12,14H,9-11H2,1-3H3;/q+1;-1. The summed E-state index contributed by atoms with van der Waals surface area (Å²) in [4.78, 5) is 0. The van der Waals surface area contributed by atoms with Crippen LogP contribution in [0.4, 0.5) is 17.3 Å². The lowest BCUT2D eigenvalue weighted by molar-refractivity contribution is -0.719. The van der Waals surface area contributed by atoms with E-state index < -0.39 is 7.25 Å². The number of hydrogen-bond donors (Lipinski definition) is 0.